The van der Waals surface area contributed by atoms with E-state index in [4.69, 9.17) is 0 Å². The molecule has 0 aromatic carbocycles. The maximum absolute atomic E-state index is 12.4. The first kappa shape index (κ1) is 18.3. The van der Waals surface area contributed by atoms with E-state index in [-0.39, 0.29) is 11.2 Å². The van der Waals surface area contributed by atoms with Crippen LogP contribution in [0.3, 0.4) is 0 Å². The lowest BCUT2D eigenvalue weighted by molar-refractivity contribution is -0.115. The molecular formula is C17H18N6OS2. The average Bonchev–Trinajstić information content (AvgIpc) is 3.22. The Morgan fingerprint density at radius 1 is 1.50 bits per heavy atom. The second-order valence-electron chi connectivity index (χ2n) is 5.49. The lowest BCUT2D eigenvalue weighted by Gasteiger charge is -2.11. The predicted molar refractivity (Wildman–Crippen MR) is 104 cm³/mol. The summed E-state index contributed by atoms with van der Waals surface area (Å²) in [5, 5.41) is 14.2. The van der Waals surface area contributed by atoms with Crippen LogP contribution in [0.1, 0.15) is 12.6 Å². The van der Waals surface area contributed by atoms with Crippen molar-refractivity contribution < 1.29 is 4.79 Å². The van der Waals surface area contributed by atoms with E-state index in [2.05, 4.69) is 32.1 Å². The van der Waals surface area contributed by atoms with Gasteiger partial charge in [-0.05, 0) is 26.0 Å². The van der Waals surface area contributed by atoms with E-state index in [0.717, 1.165) is 11.3 Å². The highest BCUT2D eigenvalue weighted by molar-refractivity contribution is 8.00. The number of thioether (sulfide) groups is 1. The molecule has 3 rings (SSSR count). The molecule has 3 aromatic rings. The first-order chi connectivity index (χ1) is 12.6. The molecule has 134 valence electrons. The van der Waals surface area contributed by atoms with Gasteiger partial charge in [-0.25, -0.2) is 4.98 Å². The van der Waals surface area contributed by atoms with Crippen molar-refractivity contribution >= 4 is 34.1 Å². The number of anilines is 1. The molecule has 1 N–H and O–H groups in total. The van der Waals surface area contributed by atoms with Crippen LogP contribution in [0.4, 0.5) is 5.13 Å². The molecule has 0 aliphatic rings. The summed E-state index contributed by atoms with van der Waals surface area (Å²) in [6.07, 6.45) is 5.22. The Labute approximate surface area is 159 Å². The number of nitrogens with zero attached hydrogens (tertiary/aromatic N) is 5. The molecular weight excluding hydrogens is 368 g/mol. The number of hydrogen-bond donors (Lipinski definition) is 1. The molecule has 0 unspecified atom stereocenters. The summed E-state index contributed by atoms with van der Waals surface area (Å²) in [5.41, 5.74) is 1.75. The third-order valence-corrected chi connectivity index (χ3v) is 5.40. The van der Waals surface area contributed by atoms with Crippen LogP contribution in [0, 0.1) is 6.92 Å². The third kappa shape index (κ3) is 4.17. The molecule has 0 aliphatic carbocycles. The van der Waals surface area contributed by atoms with Gasteiger partial charge in [0.15, 0.2) is 16.1 Å². The van der Waals surface area contributed by atoms with Gasteiger partial charge in [0.25, 0.3) is 0 Å². The number of allylic oxidation sites excluding steroid dienone is 1. The van der Waals surface area contributed by atoms with Gasteiger partial charge in [-0.3, -0.25) is 14.3 Å². The van der Waals surface area contributed by atoms with E-state index in [1.54, 1.807) is 18.5 Å². The summed E-state index contributed by atoms with van der Waals surface area (Å²) in [4.78, 5) is 20.8. The number of carbonyl (C=O) groups excluding carboxylic acids is 1. The summed E-state index contributed by atoms with van der Waals surface area (Å²) in [6.45, 7) is 8.06. The van der Waals surface area contributed by atoms with Crippen molar-refractivity contribution in [2.75, 3.05) is 5.32 Å². The van der Waals surface area contributed by atoms with Crippen LogP contribution < -0.4 is 5.32 Å². The zero-order valence-electron chi connectivity index (χ0n) is 14.4. The number of thiazole rings is 1. The van der Waals surface area contributed by atoms with Crippen molar-refractivity contribution in [1.82, 2.24) is 24.7 Å². The lowest BCUT2D eigenvalue weighted by atomic mass is 10.3. The van der Waals surface area contributed by atoms with E-state index < -0.39 is 0 Å². The van der Waals surface area contributed by atoms with Crippen molar-refractivity contribution in [2.45, 2.75) is 30.8 Å². The summed E-state index contributed by atoms with van der Waals surface area (Å²) in [5.74, 6) is 0.573. The van der Waals surface area contributed by atoms with Gasteiger partial charge in [0, 0.05) is 29.9 Å². The largest absolute Gasteiger partial charge is 0.301 e. The minimum atomic E-state index is -0.353. The Morgan fingerprint density at radius 2 is 2.35 bits per heavy atom. The molecule has 0 bridgehead atoms. The van der Waals surface area contributed by atoms with Crippen molar-refractivity contribution in [1.29, 1.82) is 0 Å². The average molecular weight is 387 g/mol. The molecule has 0 saturated heterocycles. The number of amides is 1. The highest BCUT2D eigenvalue weighted by atomic mass is 32.2. The van der Waals surface area contributed by atoms with Crippen LogP contribution >= 0.6 is 23.1 Å². The smallest absolute Gasteiger partial charge is 0.239 e. The monoisotopic (exact) mass is 386 g/mol. The number of aromatic nitrogens is 5. The Balaban J connectivity index is 1.77. The molecule has 0 fully saturated rings. The second-order valence-corrected chi connectivity index (χ2v) is 7.66. The summed E-state index contributed by atoms with van der Waals surface area (Å²) in [6, 6.07) is 3.77. The van der Waals surface area contributed by atoms with Gasteiger partial charge < -0.3 is 5.32 Å². The van der Waals surface area contributed by atoms with Gasteiger partial charge in [0.2, 0.25) is 5.91 Å². The topological polar surface area (TPSA) is 85.6 Å². The van der Waals surface area contributed by atoms with Crippen LogP contribution in [0.25, 0.3) is 11.4 Å². The normalized spacial score (nSPS) is 11.9. The SMILES string of the molecule is C=CCn1c(S[C@@H](C)C(=O)Nc2nc(C)cs2)nnc1-c1cccnc1. The van der Waals surface area contributed by atoms with E-state index in [1.165, 1.54) is 23.1 Å². The van der Waals surface area contributed by atoms with Gasteiger partial charge in [0.1, 0.15) is 0 Å². The zero-order chi connectivity index (χ0) is 18.5. The summed E-state index contributed by atoms with van der Waals surface area (Å²) < 4.78 is 1.92. The fourth-order valence-electron chi connectivity index (χ4n) is 2.21. The Kier molecular flexibility index (Phi) is 5.79. The Bertz CT molecular complexity index is 905. The van der Waals surface area contributed by atoms with Crippen LogP contribution in [-0.4, -0.2) is 35.9 Å². The first-order valence-electron chi connectivity index (χ1n) is 7.92. The third-order valence-electron chi connectivity index (χ3n) is 3.45. The molecule has 26 heavy (non-hydrogen) atoms. The minimum Gasteiger partial charge on any atom is -0.301 e. The van der Waals surface area contributed by atoms with Crippen molar-refractivity contribution in [2.24, 2.45) is 0 Å². The molecule has 0 spiro atoms. The molecule has 7 nitrogen and oxygen atoms in total. The molecule has 0 aliphatic heterocycles. The van der Waals surface area contributed by atoms with Gasteiger partial charge in [-0.1, -0.05) is 17.8 Å². The maximum atomic E-state index is 12.4. The van der Waals surface area contributed by atoms with Crippen molar-refractivity contribution in [3.8, 4) is 11.4 Å². The fraction of sp³-hybridized carbons (Fsp3) is 0.235. The van der Waals surface area contributed by atoms with Crippen molar-refractivity contribution in [3.05, 3.63) is 48.3 Å². The van der Waals surface area contributed by atoms with Gasteiger partial charge >= 0.3 is 0 Å². The van der Waals surface area contributed by atoms with Crippen LogP contribution in [-0.2, 0) is 11.3 Å². The zero-order valence-corrected chi connectivity index (χ0v) is 16.0. The lowest BCUT2D eigenvalue weighted by Crippen LogP contribution is -2.22. The Hall–Kier alpha value is -2.52. The van der Waals surface area contributed by atoms with Crippen LogP contribution in [0.5, 0.6) is 0 Å². The van der Waals surface area contributed by atoms with Crippen LogP contribution in [0.15, 0.2) is 47.7 Å². The number of aryl methyl sites for hydroxylation is 1. The molecule has 0 radical (unpaired) electrons. The van der Waals surface area contributed by atoms with Gasteiger partial charge in [-0.15, -0.1) is 28.1 Å². The standard InChI is InChI=1S/C17H18N6OS2/c1-4-8-23-14(13-6-5-7-18-9-13)21-22-17(23)26-12(3)15(24)20-16-19-11(2)10-25-16/h4-7,9-10,12H,1,8H2,2-3H3,(H,19,20,24)/t12-/m0/s1. The molecule has 1 atom stereocenters. The van der Waals surface area contributed by atoms with E-state index in [1.807, 2.05) is 35.9 Å². The highest BCUT2D eigenvalue weighted by Crippen LogP contribution is 2.27. The molecule has 0 saturated carbocycles. The number of nitrogens with one attached hydrogen (secondary N) is 1. The number of hydrogen-bond acceptors (Lipinski definition) is 7. The number of carbonyl (C=O) groups is 1. The predicted octanol–water partition coefficient (Wildman–Crippen LogP) is 3.41. The Morgan fingerprint density at radius 3 is 3.00 bits per heavy atom. The molecule has 3 aromatic heterocycles. The minimum absolute atomic E-state index is 0.125. The first-order valence-corrected chi connectivity index (χ1v) is 9.68. The maximum Gasteiger partial charge on any atom is 0.239 e. The highest BCUT2D eigenvalue weighted by Gasteiger charge is 2.21. The van der Waals surface area contributed by atoms with Crippen molar-refractivity contribution in [3.63, 3.8) is 0 Å². The van der Waals surface area contributed by atoms with E-state index >= 15 is 0 Å². The molecule has 9 heteroatoms. The van der Waals surface area contributed by atoms with E-state index in [0.29, 0.717) is 22.7 Å². The van der Waals surface area contributed by atoms with Gasteiger partial charge in [0.05, 0.1) is 10.9 Å². The molecule has 3 heterocycles. The summed E-state index contributed by atoms with van der Waals surface area (Å²) in [7, 11) is 0. The fourth-order valence-corrected chi connectivity index (χ4v) is 3.76. The summed E-state index contributed by atoms with van der Waals surface area (Å²) >= 11 is 2.75. The van der Waals surface area contributed by atoms with Crippen LogP contribution in [0.2, 0.25) is 0 Å². The molecule has 1 amide bonds. The second kappa shape index (κ2) is 8.24. The number of rotatable bonds is 7. The number of pyridine rings is 1. The quantitative estimate of drug-likeness (QED) is 0.495. The van der Waals surface area contributed by atoms with E-state index in [9.17, 15) is 4.79 Å². The van der Waals surface area contributed by atoms with Gasteiger partial charge in [-0.2, -0.15) is 0 Å².